The number of anilines is 1. The number of para-hydroxylation sites is 1. The molecule has 0 aliphatic heterocycles. The van der Waals surface area contributed by atoms with Crippen LogP contribution in [0.3, 0.4) is 0 Å². The summed E-state index contributed by atoms with van der Waals surface area (Å²) in [6.45, 7) is 1.91. The minimum Gasteiger partial charge on any atom is -0.505 e. The molecule has 0 radical (unpaired) electrons. The highest BCUT2D eigenvalue weighted by Gasteiger charge is 2.16. The van der Waals surface area contributed by atoms with Gasteiger partial charge in [-0.1, -0.05) is 11.2 Å². The van der Waals surface area contributed by atoms with Crippen LogP contribution in [0.4, 0.5) is 5.69 Å². The molecule has 3 rings (SSSR count). The molecular formula is C14H12N4O2. The number of pyridine rings is 1. The number of benzene rings is 1. The van der Waals surface area contributed by atoms with Gasteiger partial charge in [0.2, 0.25) is 5.82 Å². The number of phenolic OH excluding ortho intramolecular Hbond substituents is 1. The molecule has 6 heteroatoms. The van der Waals surface area contributed by atoms with Gasteiger partial charge in [0.05, 0.1) is 11.3 Å². The van der Waals surface area contributed by atoms with E-state index in [1.54, 1.807) is 30.6 Å². The van der Waals surface area contributed by atoms with E-state index < -0.39 is 0 Å². The average Bonchev–Trinajstić information content (AvgIpc) is 2.92. The predicted molar refractivity (Wildman–Crippen MR) is 73.8 cm³/mol. The molecule has 1 aromatic carbocycles. The van der Waals surface area contributed by atoms with Crippen molar-refractivity contribution < 1.29 is 9.63 Å². The molecule has 0 aliphatic rings. The van der Waals surface area contributed by atoms with E-state index >= 15 is 0 Å². The second-order valence-corrected chi connectivity index (χ2v) is 4.36. The lowest BCUT2D eigenvalue weighted by Crippen LogP contribution is -1.89. The number of hydrogen-bond acceptors (Lipinski definition) is 6. The first-order valence-electron chi connectivity index (χ1n) is 5.99. The summed E-state index contributed by atoms with van der Waals surface area (Å²) in [4.78, 5) is 8.31. The van der Waals surface area contributed by atoms with Gasteiger partial charge in [-0.2, -0.15) is 4.98 Å². The summed E-state index contributed by atoms with van der Waals surface area (Å²) in [5, 5.41) is 13.9. The number of nitrogen functional groups attached to an aromatic ring is 1. The van der Waals surface area contributed by atoms with Crippen LogP contribution in [-0.4, -0.2) is 20.2 Å². The van der Waals surface area contributed by atoms with E-state index in [-0.39, 0.29) is 17.3 Å². The van der Waals surface area contributed by atoms with E-state index in [0.29, 0.717) is 11.4 Å². The molecular weight excluding hydrogens is 256 g/mol. The summed E-state index contributed by atoms with van der Waals surface area (Å²) >= 11 is 0. The number of rotatable bonds is 2. The highest BCUT2D eigenvalue weighted by Crippen LogP contribution is 2.33. The minimum absolute atomic E-state index is 0.0610. The number of nitrogens with two attached hydrogens (primary N) is 1. The molecule has 0 saturated carbocycles. The van der Waals surface area contributed by atoms with Gasteiger partial charge in [0, 0.05) is 18.0 Å². The summed E-state index contributed by atoms with van der Waals surface area (Å²) in [6, 6.07) is 6.79. The quantitative estimate of drug-likeness (QED) is 0.547. The molecule has 0 unspecified atom stereocenters. The van der Waals surface area contributed by atoms with Crippen molar-refractivity contribution in [1.29, 1.82) is 0 Å². The minimum atomic E-state index is -0.0610. The van der Waals surface area contributed by atoms with Crippen molar-refractivity contribution in [2.24, 2.45) is 0 Å². The highest BCUT2D eigenvalue weighted by atomic mass is 16.5. The summed E-state index contributed by atoms with van der Waals surface area (Å²) in [5.41, 5.74) is 8.10. The molecule has 6 nitrogen and oxygen atoms in total. The maximum Gasteiger partial charge on any atom is 0.262 e. The summed E-state index contributed by atoms with van der Waals surface area (Å²) in [5.74, 6) is 0.608. The maximum atomic E-state index is 9.92. The Balaban J connectivity index is 2.07. The zero-order valence-electron chi connectivity index (χ0n) is 10.7. The fraction of sp³-hybridized carbons (Fsp3) is 0.0714. The van der Waals surface area contributed by atoms with Gasteiger partial charge in [0.15, 0.2) is 5.75 Å². The lowest BCUT2D eigenvalue weighted by atomic mass is 10.1. The number of nitrogens with zero attached hydrogens (tertiary/aromatic N) is 3. The Hall–Kier alpha value is -2.89. The Kier molecular flexibility index (Phi) is 2.83. The number of hydrogen-bond donors (Lipinski definition) is 2. The summed E-state index contributed by atoms with van der Waals surface area (Å²) in [7, 11) is 0. The molecule has 2 aromatic heterocycles. The average molecular weight is 268 g/mol. The topological polar surface area (TPSA) is 98.1 Å². The van der Waals surface area contributed by atoms with Crippen molar-refractivity contribution in [2.75, 3.05) is 5.73 Å². The first-order chi connectivity index (χ1) is 9.66. The molecule has 3 aromatic rings. The van der Waals surface area contributed by atoms with Crippen molar-refractivity contribution in [3.63, 3.8) is 0 Å². The molecule has 2 heterocycles. The first-order valence-corrected chi connectivity index (χ1v) is 5.99. The van der Waals surface area contributed by atoms with Crippen LogP contribution in [0.25, 0.3) is 22.8 Å². The third-order valence-corrected chi connectivity index (χ3v) is 2.98. The smallest absolute Gasteiger partial charge is 0.262 e. The Morgan fingerprint density at radius 1 is 1.20 bits per heavy atom. The Morgan fingerprint density at radius 3 is 2.85 bits per heavy atom. The van der Waals surface area contributed by atoms with Crippen LogP contribution in [-0.2, 0) is 0 Å². The molecule has 0 aliphatic carbocycles. The third-order valence-electron chi connectivity index (χ3n) is 2.98. The second kappa shape index (κ2) is 4.65. The molecule has 100 valence electrons. The van der Waals surface area contributed by atoms with E-state index in [9.17, 15) is 5.11 Å². The second-order valence-electron chi connectivity index (χ2n) is 4.36. The van der Waals surface area contributed by atoms with E-state index in [1.807, 2.05) is 13.0 Å². The molecule has 0 saturated heterocycles. The standard InChI is InChI=1S/C14H12N4O2/c1-8-7-16-6-5-9(8)13-17-14(20-18-13)10-3-2-4-11(15)12(10)19/h2-7,19H,15H2,1H3. The zero-order valence-corrected chi connectivity index (χ0v) is 10.7. The maximum absolute atomic E-state index is 9.92. The lowest BCUT2D eigenvalue weighted by molar-refractivity contribution is 0.426. The molecule has 0 fully saturated rings. The zero-order chi connectivity index (χ0) is 14.1. The first kappa shape index (κ1) is 12.2. The van der Waals surface area contributed by atoms with Gasteiger partial charge in [0.25, 0.3) is 5.89 Å². The van der Waals surface area contributed by atoms with Crippen LogP contribution >= 0.6 is 0 Å². The van der Waals surface area contributed by atoms with Gasteiger partial charge in [-0.05, 0) is 30.7 Å². The fourth-order valence-corrected chi connectivity index (χ4v) is 1.90. The van der Waals surface area contributed by atoms with Crippen molar-refractivity contribution in [2.45, 2.75) is 6.92 Å². The van der Waals surface area contributed by atoms with Gasteiger partial charge < -0.3 is 15.4 Å². The van der Waals surface area contributed by atoms with Crippen LogP contribution in [0.5, 0.6) is 5.75 Å². The van der Waals surface area contributed by atoms with Gasteiger partial charge in [-0.3, -0.25) is 4.98 Å². The Labute approximate surface area is 114 Å². The van der Waals surface area contributed by atoms with Crippen LogP contribution in [0, 0.1) is 6.92 Å². The number of phenols is 1. The van der Waals surface area contributed by atoms with E-state index in [2.05, 4.69) is 15.1 Å². The molecule has 3 N–H and O–H groups in total. The third kappa shape index (κ3) is 1.97. The van der Waals surface area contributed by atoms with Gasteiger partial charge in [0.1, 0.15) is 0 Å². The van der Waals surface area contributed by atoms with E-state index in [4.69, 9.17) is 10.3 Å². The van der Waals surface area contributed by atoms with Gasteiger partial charge >= 0.3 is 0 Å². The molecule has 0 atom stereocenters. The number of aryl methyl sites for hydroxylation is 1. The fourth-order valence-electron chi connectivity index (χ4n) is 1.90. The molecule has 0 spiro atoms. The predicted octanol–water partition coefficient (Wildman–Crippen LogP) is 2.39. The van der Waals surface area contributed by atoms with Crippen LogP contribution in [0.15, 0.2) is 41.2 Å². The summed E-state index contributed by atoms with van der Waals surface area (Å²) < 4.78 is 5.20. The van der Waals surface area contributed by atoms with Crippen molar-refractivity contribution in [3.8, 4) is 28.6 Å². The van der Waals surface area contributed by atoms with Crippen LogP contribution in [0.2, 0.25) is 0 Å². The normalized spacial score (nSPS) is 10.7. The number of aromatic nitrogens is 3. The van der Waals surface area contributed by atoms with Crippen molar-refractivity contribution in [1.82, 2.24) is 15.1 Å². The van der Waals surface area contributed by atoms with Crippen molar-refractivity contribution in [3.05, 3.63) is 42.2 Å². The van der Waals surface area contributed by atoms with E-state index in [1.165, 1.54) is 0 Å². The van der Waals surface area contributed by atoms with Gasteiger partial charge in [-0.25, -0.2) is 0 Å². The molecule has 0 amide bonds. The Bertz CT molecular complexity index is 767. The molecule has 0 bridgehead atoms. The van der Waals surface area contributed by atoms with Crippen LogP contribution < -0.4 is 5.73 Å². The number of aromatic hydroxyl groups is 1. The highest BCUT2D eigenvalue weighted by molar-refractivity contribution is 5.72. The van der Waals surface area contributed by atoms with Crippen molar-refractivity contribution >= 4 is 5.69 Å². The van der Waals surface area contributed by atoms with Gasteiger partial charge in [-0.15, -0.1) is 0 Å². The van der Waals surface area contributed by atoms with Crippen LogP contribution in [0.1, 0.15) is 5.56 Å². The molecule has 20 heavy (non-hydrogen) atoms. The monoisotopic (exact) mass is 268 g/mol. The lowest BCUT2D eigenvalue weighted by Gasteiger charge is -2.01. The van der Waals surface area contributed by atoms with E-state index in [0.717, 1.165) is 11.1 Å². The SMILES string of the molecule is Cc1cnccc1-c1noc(-c2cccc(N)c2O)n1. The largest absolute Gasteiger partial charge is 0.505 e. The Morgan fingerprint density at radius 2 is 2.05 bits per heavy atom. The summed E-state index contributed by atoms with van der Waals surface area (Å²) in [6.07, 6.45) is 3.39.